The van der Waals surface area contributed by atoms with Gasteiger partial charge in [0, 0.05) is 13.1 Å². The Morgan fingerprint density at radius 1 is 0.833 bits per heavy atom. The second-order valence-corrected chi connectivity index (χ2v) is 6.50. The molecule has 0 aliphatic carbocycles. The van der Waals surface area contributed by atoms with E-state index in [0.29, 0.717) is 19.8 Å². The number of ether oxygens (including phenoxy) is 1. The minimum atomic E-state index is -0.751. The molecule has 0 aromatic heterocycles. The van der Waals surface area contributed by atoms with Crippen LogP contribution in [0.5, 0.6) is 0 Å². The van der Waals surface area contributed by atoms with Gasteiger partial charge in [0.2, 0.25) is 0 Å². The van der Waals surface area contributed by atoms with Crippen molar-refractivity contribution in [3.63, 3.8) is 0 Å². The van der Waals surface area contributed by atoms with E-state index in [-0.39, 0.29) is 13.0 Å². The molecular formula is C19H39NO4. The molecule has 0 unspecified atom stereocenters. The van der Waals surface area contributed by atoms with Crippen molar-refractivity contribution in [2.75, 3.05) is 39.5 Å². The highest BCUT2D eigenvalue weighted by Crippen LogP contribution is 2.11. The normalized spacial score (nSPS) is 11.3. The molecule has 0 bridgehead atoms. The fraction of sp³-hybridized carbons (Fsp3) is 0.947. The van der Waals surface area contributed by atoms with Crippen molar-refractivity contribution in [2.45, 2.75) is 77.6 Å². The third kappa shape index (κ3) is 17.7. The summed E-state index contributed by atoms with van der Waals surface area (Å²) in [5.41, 5.74) is 0. The minimum absolute atomic E-state index is 0.0353. The maximum Gasteiger partial charge on any atom is 0.304 e. The van der Waals surface area contributed by atoms with E-state index >= 15 is 0 Å². The van der Waals surface area contributed by atoms with Crippen LogP contribution < -0.4 is 0 Å². The third-order valence-corrected chi connectivity index (χ3v) is 4.26. The van der Waals surface area contributed by atoms with Gasteiger partial charge < -0.3 is 19.8 Å². The Hall–Kier alpha value is -0.650. The highest BCUT2D eigenvalue weighted by atomic mass is 16.5. The highest BCUT2D eigenvalue weighted by molar-refractivity contribution is 5.66. The maximum absolute atomic E-state index is 10.7. The van der Waals surface area contributed by atoms with Gasteiger partial charge in [-0.3, -0.25) is 4.79 Å². The van der Waals surface area contributed by atoms with Crippen LogP contribution in [0.15, 0.2) is 0 Å². The summed E-state index contributed by atoms with van der Waals surface area (Å²) >= 11 is 0. The van der Waals surface area contributed by atoms with Crippen LogP contribution in [0, 0.1) is 0 Å². The van der Waals surface area contributed by atoms with E-state index in [9.17, 15) is 4.79 Å². The Morgan fingerprint density at radius 3 is 1.96 bits per heavy atom. The van der Waals surface area contributed by atoms with Crippen LogP contribution in [0.4, 0.5) is 0 Å². The molecule has 0 aromatic rings. The predicted octanol–water partition coefficient (Wildman–Crippen LogP) is 3.69. The van der Waals surface area contributed by atoms with E-state index in [4.69, 9.17) is 14.9 Å². The second kappa shape index (κ2) is 18.7. The van der Waals surface area contributed by atoms with Crippen LogP contribution in [0.25, 0.3) is 0 Å². The topological polar surface area (TPSA) is 70.0 Å². The average Bonchev–Trinajstić information content (AvgIpc) is 2.57. The molecule has 5 nitrogen and oxygen atoms in total. The fourth-order valence-corrected chi connectivity index (χ4v) is 2.77. The van der Waals surface area contributed by atoms with Gasteiger partial charge in [0.25, 0.3) is 0 Å². The molecule has 0 fully saturated rings. The summed E-state index contributed by atoms with van der Waals surface area (Å²) in [5, 5.41) is 17.5. The van der Waals surface area contributed by atoms with Crippen LogP contribution in [-0.4, -0.2) is 60.5 Å². The summed E-state index contributed by atoms with van der Waals surface area (Å²) in [7, 11) is 0. The lowest BCUT2D eigenvalue weighted by atomic mass is 10.1. The van der Waals surface area contributed by atoms with Gasteiger partial charge in [-0.15, -0.1) is 0 Å². The van der Waals surface area contributed by atoms with Crippen LogP contribution in [-0.2, 0) is 9.53 Å². The number of hydrogen-bond acceptors (Lipinski definition) is 4. The summed E-state index contributed by atoms with van der Waals surface area (Å²) in [4.78, 5) is 12.9. The number of rotatable bonds is 19. The summed E-state index contributed by atoms with van der Waals surface area (Å²) in [6, 6.07) is 0. The first kappa shape index (κ1) is 23.4. The molecule has 24 heavy (non-hydrogen) atoms. The number of nitrogens with zero attached hydrogens (tertiary/aromatic N) is 1. The molecule has 0 amide bonds. The van der Waals surface area contributed by atoms with Crippen molar-refractivity contribution in [3.8, 4) is 0 Å². The number of hydrogen-bond donors (Lipinski definition) is 2. The minimum Gasteiger partial charge on any atom is -0.481 e. The molecule has 2 N–H and O–H groups in total. The number of carboxylic acids is 1. The number of aliphatic carboxylic acids is 1. The van der Waals surface area contributed by atoms with Gasteiger partial charge in [0.05, 0.1) is 26.2 Å². The van der Waals surface area contributed by atoms with Crippen LogP contribution >= 0.6 is 0 Å². The molecule has 0 aromatic carbocycles. The van der Waals surface area contributed by atoms with Crippen molar-refractivity contribution >= 4 is 5.97 Å². The zero-order valence-corrected chi connectivity index (χ0v) is 15.7. The Bertz CT molecular complexity index is 274. The molecule has 144 valence electrons. The Balaban J connectivity index is 3.59. The van der Waals surface area contributed by atoms with E-state index in [1.807, 2.05) is 0 Å². The molecule has 0 heterocycles. The van der Waals surface area contributed by atoms with Gasteiger partial charge in [-0.25, -0.2) is 0 Å². The maximum atomic E-state index is 10.7. The molecule has 0 aliphatic rings. The Morgan fingerprint density at radius 2 is 1.42 bits per heavy atom. The molecule has 0 spiro atoms. The van der Waals surface area contributed by atoms with Gasteiger partial charge >= 0.3 is 5.97 Å². The lowest BCUT2D eigenvalue weighted by Gasteiger charge is -2.21. The van der Waals surface area contributed by atoms with Crippen LogP contribution in [0.2, 0.25) is 0 Å². The zero-order chi connectivity index (χ0) is 17.9. The Labute approximate surface area is 148 Å². The second-order valence-electron chi connectivity index (χ2n) is 6.50. The molecule has 0 saturated carbocycles. The Kier molecular flexibility index (Phi) is 18.2. The smallest absolute Gasteiger partial charge is 0.304 e. The first-order valence-electron chi connectivity index (χ1n) is 9.83. The summed E-state index contributed by atoms with van der Waals surface area (Å²) < 4.78 is 5.28. The van der Waals surface area contributed by atoms with Gasteiger partial charge in [-0.05, 0) is 13.0 Å². The molecule has 0 aliphatic heterocycles. The monoisotopic (exact) mass is 345 g/mol. The largest absolute Gasteiger partial charge is 0.481 e. The summed E-state index contributed by atoms with van der Waals surface area (Å²) in [5.74, 6) is -0.751. The molecule has 0 radical (unpaired) electrons. The van der Waals surface area contributed by atoms with Gasteiger partial charge in [0.1, 0.15) is 0 Å². The fourth-order valence-electron chi connectivity index (χ4n) is 2.77. The lowest BCUT2D eigenvalue weighted by Crippen LogP contribution is -2.31. The van der Waals surface area contributed by atoms with Crippen LogP contribution in [0.1, 0.15) is 77.6 Å². The first-order chi connectivity index (χ1) is 11.7. The van der Waals surface area contributed by atoms with Crippen molar-refractivity contribution < 1.29 is 19.7 Å². The summed E-state index contributed by atoms with van der Waals surface area (Å²) in [6.07, 6.45) is 13.3. The van der Waals surface area contributed by atoms with E-state index in [0.717, 1.165) is 19.5 Å². The highest BCUT2D eigenvalue weighted by Gasteiger charge is 2.07. The number of aliphatic hydroxyl groups excluding tert-OH is 1. The van der Waals surface area contributed by atoms with Crippen molar-refractivity contribution in [1.29, 1.82) is 0 Å². The van der Waals surface area contributed by atoms with E-state index in [1.165, 1.54) is 57.8 Å². The molecule has 0 saturated heterocycles. The standard InChI is InChI=1S/C19H39NO4/c1-2-3-4-5-6-7-8-9-10-11-13-20(14-12-19(22)23)15-17-24-18-16-21/h21H,2-18H2,1H3,(H,22,23). The van der Waals surface area contributed by atoms with E-state index in [2.05, 4.69) is 11.8 Å². The zero-order valence-electron chi connectivity index (χ0n) is 15.7. The first-order valence-corrected chi connectivity index (χ1v) is 9.83. The van der Waals surface area contributed by atoms with E-state index < -0.39 is 5.97 Å². The molecule has 5 heteroatoms. The van der Waals surface area contributed by atoms with Gasteiger partial charge in [-0.2, -0.15) is 0 Å². The van der Waals surface area contributed by atoms with Gasteiger partial charge in [-0.1, -0.05) is 64.7 Å². The van der Waals surface area contributed by atoms with Crippen molar-refractivity contribution in [3.05, 3.63) is 0 Å². The van der Waals surface area contributed by atoms with Crippen LogP contribution in [0.3, 0.4) is 0 Å². The van der Waals surface area contributed by atoms with E-state index in [1.54, 1.807) is 0 Å². The third-order valence-electron chi connectivity index (χ3n) is 4.26. The lowest BCUT2D eigenvalue weighted by molar-refractivity contribution is -0.137. The summed E-state index contributed by atoms with van der Waals surface area (Å²) in [6.45, 7) is 5.45. The van der Waals surface area contributed by atoms with Crippen molar-refractivity contribution in [2.24, 2.45) is 0 Å². The average molecular weight is 346 g/mol. The number of aliphatic hydroxyl groups is 1. The quantitative estimate of drug-likeness (QED) is 0.349. The molecule has 0 atom stereocenters. The molecule has 0 rings (SSSR count). The number of carboxylic acid groups (broad SMARTS) is 1. The number of carbonyl (C=O) groups is 1. The predicted molar refractivity (Wildman–Crippen MR) is 98.4 cm³/mol. The SMILES string of the molecule is CCCCCCCCCCCCN(CCOCCO)CCC(=O)O. The van der Waals surface area contributed by atoms with Crippen molar-refractivity contribution in [1.82, 2.24) is 4.90 Å². The van der Waals surface area contributed by atoms with Gasteiger partial charge in [0.15, 0.2) is 0 Å². The number of unbranched alkanes of at least 4 members (excludes halogenated alkanes) is 9. The molecular weight excluding hydrogens is 306 g/mol.